The molecule has 70 valence electrons. The highest BCUT2D eigenvalue weighted by Crippen LogP contribution is 2.90. The van der Waals surface area contributed by atoms with Crippen LogP contribution < -0.4 is 0 Å². The summed E-state index contributed by atoms with van der Waals surface area (Å²) in [5.74, 6) is 1.94. The van der Waals surface area contributed by atoms with Gasteiger partial charge in [0.05, 0.1) is 0 Å². The van der Waals surface area contributed by atoms with E-state index in [-0.39, 0.29) is 0 Å². The van der Waals surface area contributed by atoms with Crippen LogP contribution in [0.5, 0.6) is 0 Å². The van der Waals surface area contributed by atoms with Gasteiger partial charge in [-0.1, -0.05) is 41.5 Å². The van der Waals surface area contributed by atoms with Crippen LogP contribution in [-0.4, -0.2) is 0 Å². The Bertz CT molecular complexity index is 223. The van der Waals surface area contributed by atoms with E-state index >= 15 is 0 Å². The molecular weight excluding hydrogens is 144 g/mol. The predicted molar refractivity (Wildman–Crippen MR) is 52.9 cm³/mol. The maximum Gasteiger partial charge on any atom is -0.0204 e. The van der Waals surface area contributed by atoms with Gasteiger partial charge in [0.1, 0.15) is 0 Å². The zero-order valence-corrected chi connectivity index (χ0v) is 9.36. The van der Waals surface area contributed by atoms with Gasteiger partial charge in [0, 0.05) is 0 Å². The molecule has 0 bridgehead atoms. The van der Waals surface area contributed by atoms with Crippen molar-refractivity contribution in [1.82, 2.24) is 0 Å². The highest BCUT2D eigenvalue weighted by atomic mass is 14.9. The van der Waals surface area contributed by atoms with Gasteiger partial charge in [-0.05, 0) is 34.5 Å². The second-order valence-electron chi connectivity index (χ2n) is 6.54. The van der Waals surface area contributed by atoms with Crippen LogP contribution in [0.3, 0.4) is 0 Å². The zero-order valence-electron chi connectivity index (χ0n) is 9.36. The first-order chi connectivity index (χ1) is 5.24. The van der Waals surface area contributed by atoms with E-state index in [1.165, 1.54) is 6.42 Å². The summed E-state index contributed by atoms with van der Waals surface area (Å²) < 4.78 is 0. The molecule has 0 heteroatoms. The van der Waals surface area contributed by atoms with Crippen LogP contribution in [0.4, 0.5) is 0 Å². The molecule has 0 aromatic heterocycles. The highest BCUT2D eigenvalue weighted by molar-refractivity contribution is 5.32. The SMILES string of the molecule is CC(C(C)(C)C)C1(C)C2CC21C. The van der Waals surface area contributed by atoms with Crippen LogP contribution in [0.1, 0.15) is 48.0 Å². The van der Waals surface area contributed by atoms with E-state index in [0.717, 1.165) is 17.3 Å². The van der Waals surface area contributed by atoms with Gasteiger partial charge in [-0.3, -0.25) is 0 Å². The van der Waals surface area contributed by atoms with Crippen molar-refractivity contribution in [3.8, 4) is 0 Å². The number of hydrogen-bond acceptors (Lipinski definition) is 0. The maximum atomic E-state index is 2.50. The summed E-state index contributed by atoms with van der Waals surface area (Å²) in [5.41, 5.74) is 1.93. The van der Waals surface area contributed by atoms with Gasteiger partial charge >= 0.3 is 0 Å². The Hall–Kier alpha value is 0. The van der Waals surface area contributed by atoms with Crippen molar-refractivity contribution in [2.24, 2.45) is 28.1 Å². The predicted octanol–water partition coefficient (Wildman–Crippen LogP) is 3.71. The van der Waals surface area contributed by atoms with Crippen LogP contribution in [-0.2, 0) is 0 Å². The summed E-state index contributed by atoms with van der Waals surface area (Å²) in [5, 5.41) is 0. The van der Waals surface area contributed by atoms with E-state index in [9.17, 15) is 0 Å². The third-order valence-corrected chi connectivity index (χ3v) is 5.31. The average molecular weight is 166 g/mol. The molecule has 2 aliphatic rings. The Morgan fingerprint density at radius 2 is 1.67 bits per heavy atom. The smallest absolute Gasteiger partial charge is 0.0204 e. The first-order valence-corrected chi connectivity index (χ1v) is 5.24. The fourth-order valence-electron chi connectivity index (χ4n) is 3.38. The Morgan fingerprint density at radius 3 is 1.75 bits per heavy atom. The summed E-state index contributed by atoms with van der Waals surface area (Å²) in [6, 6.07) is 0. The van der Waals surface area contributed by atoms with E-state index < -0.39 is 0 Å². The van der Waals surface area contributed by atoms with E-state index in [2.05, 4.69) is 41.5 Å². The highest BCUT2D eigenvalue weighted by Gasteiger charge is 2.85. The largest absolute Gasteiger partial charge is 0.0615 e. The van der Waals surface area contributed by atoms with Crippen molar-refractivity contribution < 1.29 is 0 Å². The average Bonchev–Trinajstić information content (AvgIpc) is 2.70. The van der Waals surface area contributed by atoms with Crippen molar-refractivity contribution in [1.29, 1.82) is 0 Å². The van der Waals surface area contributed by atoms with Gasteiger partial charge in [-0.15, -0.1) is 0 Å². The first-order valence-electron chi connectivity index (χ1n) is 5.24. The Kier molecular flexibility index (Phi) is 1.26. The van der Waals surface area contributed by atoms with Crippen molar-refractivity contribution >= 4 is 0 Å². The van der Waals surface area contributed by atoms with Crippen LogP contribution in [0.25, 0.3) is 0 Å². The van der Waals surface area contributed by atoms with E-state index in [0.29, 0.717) is 10.8 Å². The standard InChI is InChI=1S/C12H22/c1-8(10(2,3)4)12(6)9-7-11(9,12)5/h8-9H,7H2,1-6H3. The maximum absolute atomic E-state index is 2.50. The molecule has 0 amide bonds. The Morgan fingerprint density at radius 1 is 1.25 bits per heavy atom. The molecular formula is C12H22. The molecule has 2 fully saturated rings. The molecule has 4 unspecified atom stereocenters. The molecule has 0 radical (unpaired) electrons. The lowest BCUT2D eigenvalue weighted by Gasteiger charge is -2.38. The molecule has 2 rings (SSSR count). The fraction of sp³-hybridized carbons (Fsp3) is 1.00. The lowest BCUT2D eigenvalue weighted by Crippen LogP contribution is -2.31. The lowest BCUT2D eigenvalue weighted by molar-refractivity contribution is 0.107. The van der Waals surface area contributed by atoms with Gasteiger partial charge in [-0.2, -0.15) is 0 Å². The van der Waals surface area contributed by atoms with Crippen LogP contribution in [0.2, 0.25) is 0 Å². The van der Waals surface area contributed by atoms with Crippen molar-refractivity contribution in [3.05, 3.63) is 0 Å². The molecule has 2 saturated carbocycles. The summed E-state index contributed by atoms with van der Waals surface area (Å²) >= 11 is 0. The molecule has 0 aromatic rings. The Labute approximate surface area is 76.7 Å². The van der Waals surface area contributed by atoms with Crippen molar-refractivity contribution in [2.75, 3.05) is 0 Å². The molecule has 2 aliphatic carbocycles. The van der Waals surface area contributed by atoms with E-state index in [4.69, 9.17) is 0 Å². The second kappa shape index (κ2) is 1.76. The van der Waals surface area contributed by atoms with Crippen LogP contribution >= 0.6 is 0 Å². The second-order valence-corrected chi connectivity index (χ2v) is 6.54. The first kappa shape index (κ1) is 8.59. The van der Waals surface area contributed by atoms with Gasteiger partial charge < -0.3 is 0 Å². The van der Waals surface area contributed by atoms with Crippen molar-refractivity contribution in [2.45, 2.75) is 48.0 Å². The molecule has 0 heterocycles. The zero-order chi connectivity index (χ0) is 9.36. The summed E-state index contributed by atoms with van der Waals surface area (Å²) in [7, 11) is 0. The molecule has 0 spiro atoms. The molecule has 4 atom stereocenters. The molecule has 0 nitrogen and oxygen atoms in total. The quantitative estimate of drug-likeness (QED) is 0.557. The monoisotopic (exact) mass is 166 g/mol. The summed E-state index contributed by atoms with van der Waals surface area (Å²) in [6.07, 6.45) is 1.50. The third-order valence-electron chi connectivity index (χ3n) is 5.31. The number of hydrogen-bond donors (Lipinski definition) is 0. The molecule has 0 aliphatic heterocycles. The van der Waals surface area contributed by atoms with Gasteiger partial charge in [0.15, 0.2) is 0 Å². The normalized spacial score (nSPS) is 53.0. The minimum atomic E-state index is 0.491. The molecule has 0 saturated heterocycles. The lowest BCUT2D eigenvalue weighted by atomic mass is 9.67. The molecule has 12 heavy (non-hydrogen) atoms. The number of fused-ring (bicyclic) bond motifs is 1. The minimum absolute atomic E-state index is 0.491. The van der Waals surface area contributed by atoms with Gasteiger partial charge in [0.25, 0.3) is 0 Å². The van der Waals surface area contributed by atoms with Crippen LogP contribution in [0.15, 0.2) is 0 Å². The van der Waals surface area contributed by atoms with Gasteiger partial charge in [-0.25, -0.2) is 0 Å². The third kappa shape index (κ3) is 0.701. The van der Waals surface area contributed by atoms with Crippen molar-refractivity contribution in [3.63, 3.8) is 0 Å². The van der Waals surface area contributed by atoms with Gasteiger partial charge in [0.2, 0.25) is 0 Å². The Balaban J connectivity index is 2.13. The van der Waals surface area contributed by atoms with E-state index in [1.54, 1.807) is 0 Å². The molecule has 0 N–H and O–H groups in total. The van der Waals surface area contributed by atoms with E-state index in [1.807, 2.05) is 0 Å². The minimum Gasteiger partial charge on any atom is -0.0615 e. The fourth-order valence-corrected chi connectivity index (χ4v) is 3.38. The summed E-state index contributed by atoms with van der Waals surface area (Å²) in [4.78, 5) is 0. The topological polar surface area (TPSA) is 0 Å². The van der Waals surface area contributed by atoms with Crippen LogP contribution in [0, 0.1) is 28.1 Å². The summed E-state index contributed by atoms with van der Waals surface area (Å²) in [6.45, 7) is 14.5. The molecule has 0 aromatic carbocycles. The number of rotatable bonds is 1.